The van der Waals surface area contributed by atoms with Crippen molar-refractivity contribution in [1.82, 2.24) is 5.01 Å². The first-order valence-electron chi connectivity index (χ1n) is 8.86. The molecule has 0 fully saturated rings. The first-order chi connectivity index (χ1) is 13.2. The summed E-state index contributed by atoms with van der Waals surface area (Å²) < 4.78 is 6.25. The van der Waals surface area contributed by atoms with E-state index in [2.05, 4.69) is 6.07 Å². The number of fused-ring (bicyclic) bond motifs is 3. The normalized spacial score (nSPS) is 20.5. The monoisotopic (exact) mass is 376 g/mol. The molecule has 134 valence electrons. The number of rotatable bonds is 2. The average Bonchev–Trinajstić information content (AvgIpc) is 3.14. The summed E-state index contributed by atoms with van der Waals surface area (Å²) in [4.78, 5) is 0. The molecule has 2 atom stereocenters. The number of ether oxygens (including phenoxy) is 1. The van der Waals surface area contributed by atoms with Crippen LogP contribution in [0.5, 0.6) is 11.5 Å². The van der Waals surface area contributed by atoms with Crippen molar-refractivity contribution in [2.24, 2.45) is 5.10 Å². The number of phenolic OH excluding ortho intramolecular Hbond substituents is 1. The summed E-state index contributed by atoms with van der Waals surface area (Å²) in [7, 11) is 0. The number of phenols is 1. The highest BCUT2D eigenvalue weighted by atomic mass is 35.5. The summed E-state index contributed by atoms with van der Waals surface area (Å²) in [6.07, 6.45) is 0.294. The summed E-state index contributed by atoms with van der Waals surface area (Å²) in [6.45, 7) is 0. The Morgan fingerprint density at radius 2 is 1.63 bits per heavy atom. The fraction of sp³-hybridized carbons (Fsp3) is 0.136. The van der Waals surface area contributed by atoms with Gasteiger partial charge in [-0.05, 0) is 35.9 Å². The standard InChI is InChI=1S/C22H17ClN2O2/c23-15-11-9-14(10-12-15)18-13-19-16-5-2-4-8-21(16)27-22(25(19)24-18)17-6-1-3-7-20(17)26/h1-12,19,22,26H,13H2/t19-,22+/m0/s1. The minimum Gasteiger partial charge on any atom is -0.507 e. The van der Waals surface area contributed by atoms with Crippen LogP contribution >= 0.6 is 11.6 Å². The predicted molar refractivity (Wildman–Crippen MR) is 105 cm³/mol. The van der Waals surface area contributed by atoms with Crippen LogP contribution in [0, 0.1) is 0 Å². The van der Waals surface area contributed by atoms with Crippen molar-refractivity contribution in [1.29, 1.82) is 0 Å². The van der Waals surface area contributed by atoms with Gasteiger partial charge in [-0.1, -0.05) is 54.1 Å². The summed E-state index contributed by atoms with van der Waals surface area (Å²) in [5, 5.41) is 17.9. The van der Waals surface area contributed by atoms with Crippen molar-refractivity contribution < 1.29 is 9.84 Å². The van der Waals surface area contributed by atoms with Gasteiger partial charge in [0.25, 0.3) is 0 Å². The van der Waals surface area contributed by atoms with Crippen molar-refractivity contribution in [3.05, 3.63) is 94.5 Å². The average molecular weight is 377 g/mol. The molecule has 27 heavy (non-hydrogen) atoms. The molecule has 2 aliphatic heterocycles. The highest BCUT2D eigenvalue weighted by molar-refractivity contribution is 6.30. The molecule has 0 saturated heterocycles. The third-order valence-electron chi connectivity index (χ3n) is 5.08. The molecule has 0 bridgehead atoms. The zero-order valence-corrected chi connectivity index (χ0v) is 15.2. The van der Waals surface area contributed by atoms with Gasteiger partial charge in [-0.3, -0.25) is 0 Å². The van der Waals surface area contributed by atoms with Crippen molar-refractivity contribution in [2.45, 2.75) is 18.7 Å². The van der Waals surface area contributed by atoms with E-state index in [1.807, 2.05) is 59.6 Å². The number of nitrogens with zero attached hydrogens (tertiary/aromatic N) is 2. The lowest BCUT2D eigenvalue weighted by atomic mass is 9.96. The van der Waals surface area contributed by atoms with Gasteiger partial charge in [0.2, 0.25) is 6.23 Å². The molecule has 0 amide bonds. The minimum absolute atomic E-state index is 0.0604. The number of hydrogen-bond acceptors (Lipinski definition) is 4. The summed E-state index contributed by atoms with van der Waals surface area (Å²) in [6, 6.07) is 23.1. The largest absolute Gasteiger partial charge is 0.507 e. The van der Waals surface area contributed by atoms with E-state index in [0.29, 0.717) is 10.6 Å². The topological polar surface area (TPSA) is 45.1 Å². The van der Waals surface area contributed by atoms with Crippen LogP contribution in [0.3, 0.4) is 0 Å². The molecule has 3 aromatic carbocycles. The number of halogens is 1. The van der Waals surface area contributed by atoms with Crippen LogP contribution in [0.2, 0.25) is 5.02 Å². The van der Waals surface area contributed by atoms with Crippen LogP contribution in [-0.2, 0) is 0 Å². The number of aromatic hydroxyl groups is 1. The maximum atomic E-state index is 10.4. The van der Waals surface area contributed by atoms with Crippen LogP contribution in [-0.4, -0.2) is 15.8 Å². The Hall–Kier alpha value is -2.98. The van der Waals surface area contributed by atoms with Crippen molar-refractivity contribution >= 4 is 17.3 Å². The van der Waals surface area contributed by atoms with Gasteiger partial charge in [0, 0.05) is 17.0 Å². The maximum absolute atomic E-state index is 10.4. The van der Waals surface area contributed by atoms with Gasteiger partial charge < -0.3 is 9.84 Å². The van der Waals surface area contributed by atoms with Gasteiger partial charge in [0.1, 0.15) is 11.5 Å². The zero-order chi connectivity index (χ0) is 18.4. The Kier molecular flexibility index (Phi) is 3.80. The highest BCUT2D eigenvalue weighted by Gasteiger charge is 2.41. The molecule has 0 saturated carbocycles. The quantitative estimate of drug-likeness (QED) is 0.661. The van der Waals surface area contributed by atoms with E-state index in [1.165, 1.54) is 0 Å². The maximum Gasteiger partial charge on any atom is 0.217 e. The molecule has 2 aliphatic rings. The first-order valence-corrected chi connectivity index (χ1v) is 9.24. The third kappa shape index (κ3) is 2.73. The molecule has 2 heterocycles. The molecular weight excluding hydrogens is 360 g/mol. The van der Waals surface area contributed by atoms with E-state index in [9.17, 15) is 5.11 Å². The van der Waals surface area contributed by atoms with Crippen molar-refractivity contribution in [3.63, 3.8) is 0 Å². The fourth-order valence-corrected chi connectivity index (χ4v) is 3.88. The zero-order valence-electron chi connectivity index (χ0n) is 14.4. The lowest BCUT2D eigenvalue weighted by Crippen LogP contribution is -2.33. The van der Waals surface area contributed by atoms with Gasteiger partial charge in [-0.2, -0.15) is 5.10 Å². The molecule has 0 radical (unpaired) electrons. The second-order valence-electron chi connectivity index (χ2n) is 6.72. The molecule has 0 unspecified atom stereocenters. The van der Waals surface area contributed by atoms with Gasteiger partial charge in [0.15, 0.2) is 0 Å². The number of hydrogen-bond donors (Lipinski definition) is 1. The van der Waals surface area contributed by atoms with Gasteiger partial charge in [0.05, 0.1) is 17.3 Å². The smallest absolute Gasteiger partial charge is 0.217 e. The number of para-hydroxylation sites is 2. The minimum atomic E-state index is -0.476. The lowest BCUT2D eigenvalue weighted by molar-refractivity contribution is -0.0203. The molecule has 5 heteroatoms. The van der Waals surface area contributed by atoms with E-state index in [1.54, 1.807) is 12.1 Å². The first kappa shape index (κ1) is 16.2. The molecule has 4 nitrogen and oxygen atoms in total. The van der Waals surface area contributed by atoms with E-state index < -0.39 is 6.23 Å². The van der Waals surface area contributed by atoms with Gasteiger partial charge in [-0.15, -0.1) is 0 Å². The number of benzene rings is 3. The van der Waals surface area contributed by atoms with E-state index in [4.69, 9.17) is 21.4 Å². The highest BCUT2D eigenvalue weighted by Crippen LogP contribution is 2.48. The lowest BCUT2D eigenvalue weighted by Gasteiger charge is -2.38. The van der Waals surface area contributed by atoms with Crippen molar-refractivity contribution in [2.75, 3.05) is 0 Å². The second kappa shape index (κ2) is 6.32. The predicted octanol–water partition coefficient (Wildman–Crippen LogP) is 5.29. The Balaban J connectivity index is 1.61. The summed E-state index contributed by atoms with van der Waals surface area (Å²) in [5.74, 6) is 1.04. The van der Waals surface area contributed by atoms with Crippen LogP contribution in [0.4, 0.5) is 0 Å². The van der Waals surface area contributed by atoms with Crippen LogP contribution in [0.1, 0.15) is 35.4 Å². The molecular formula is C22H17ClN2O2. The Morgan fingerprint density at radius 3 is 2.41 bits per heavy atom. The van der Waals surface area contributed by atoms with Crippen LogP contribution in [0.25, 0.3) is 0 Å². The summed E-state index contributed by atoms with van der Waals surface area (Å²) in [5.41, 5.74) is 3.84. The fourth-order valence-electron chi connectivity index (χ4n) is 3.75. The van der Waals surface area contributed by atoms with E-state index in [0.717, 1.165) is 29.0 Å². The molecule has 5 rings (SSSR count). The summed E-state index contributed by atoms with van der Waals surface area (Å²) >= 11 is 6.03. The second-order valence-corrected chi connectivity index (χ2v) is 7.16. The Labute approximate surface area is 162 Å². The van der Waals surface area contributed by atoms with Crippen molar-refractivity contribution in [3.8, 4) is 11.5 Å². The van der Waals surface area contributed by atoms with E-state index >= 15 is 0 Å². The SMILES string of the molecule is Oc1ccccc1[C@H]1Oc2ccccc2[C@@H]2CC(c3ccc(Cl)cc3)=NN12. The molecule has 3 aromatic rings. The third-order valence-corrected chi connectivity index (χ3v) is 5.33. The molecule has 1 N–H and O–H groups in total. The molecule has 0 aliphatic carbocycles. The Morgan fingerprint density at radius 1 is 0.926 bits per heavy atom. The molecule has 0 aromatic heterocycles. The van der Waals surface area contributed by atoms with Crippen LogP contribution in [0.15, 0.2) is 77.9 Å². The number of hydrazone groups is 1. The Bertz CT molecular complexity index is 1030. The van der Waals surface area contributed by atoms with Crippen LogP contribution < -0.4 is 4.74 Å². The van der Waals surface area contributed by atoms with Gasteiger partial charge in [-0.25, -0.2) is 5.01 Å². The van der Waals surface area contributed by atoms with Gasteiger partial charge >= 0.3 is 0 Å². The molecule has 0 spiro atoms. The van der Waals surface area contributed by atoms with E-state index in [-0.39, 0.29) is 11.8 Å².